The van der Waals surface area contributed by atoms with Crippen molar-refractivity contribution in [3.05, 3.63) is 34.9 Å². The molecule has 2 nitrogen and oxygen atoms in total. The van der Waals surface area contributed by atoms with Gasteiger partial charge in [0.1, 0.15) is 0 Å². The normalized spacial score (nSPS) is 12.9. The van der Waals surface area contributed by atoms with Crippen molar-refractivity contribution in [1.82, 2.24) is 0 Å². The average Bonchev–Trinajstić information content (AvgIpc) is 2.16. The highest BCUT2D eigenvalue weighted by Gasteiger charge is 2.08. The highest BCUT2D eigenvalue weighted by molar-refractivity contribution is 5.33. The second-order valence-corrected chi connectivity index (χ2v) is 3.38. The summed E-state index contributed by atoms with van der Waals surface area (Å²) in [5.74, 6) is 0. The Morgan fingerprint density at radius 3 is 2.69 bits per heavy atom. The lowest BCUT2D eigenvalue weighted by Gasteiger charge is -2.14. The monoisotopic (exact) mass is 179 g/mol. The Morgan fingerprint density at radius 1 is 1.46 bits per heavy atom. The minimum atomic E-state index is 0.0436. The van der Waals surface area contributed by atoms with E-state index in [4.69, 9.17) is 10.8 Å². The van der Waals surface area contributed by atoms with Crippen LogP contribution in [-0.4, -0.2) is 5.11 Å². The molecule has 0 aliphatic carbocycles. The van der Waals surface area contributed by atoms with Gasteiger partial charge in [-0.15, -0.1) is 0 Å². The van der Waals surface area contributed by atoms with E-state index in [1.54, 1.807) is 0 Å². The molecular formula is C11H17NO. The van der Waals surface area contributed by atoms with Crippen molar-refractivity contribution < 1.29 is 5.11 Å². The number of hydrogen-bond acceptors (Lipinski definition) is 2. The Bertz CT molecular complexity index is 283. The molecule has 72 valence electrons. The summed E-state index contributed by atoms with van der Waals surface area (Å²) in [6.45, 7) is 4.16. The van der Waals surface area contributed by atoms with Crippen molar-refractivity contribution in [2.45, 2.75) is 32.9 Å². The molecule has 0 heterocycles. The second-order valence-electron chi connectivity index (χ2n) is 3.38. The number of aryl methyl sites for hydroxylation is 1. The highest BCUT2D eigenvalue weighted by atomic mass is 16.3. The van der Waals surface area contributed by atoms with Crippen molar-refractivity contribution in [3.63, 3.8) is 0 Å². The van der Waals surface area contributed by atoms with E-state index >= 15 is 0 Å². The zero-order valence-electron chi connectivity index (χ0n) is 8.25. The zero-order chi connectivity index (χ0) is 9.84. The SMILES string of the molecule is CC[C@@H](N)c1cc(C)ccc1CO. The number of benzene rings is 1. The average molecular weight is 179 g/mol. The van der Waals surface area contributed by atoms with Crippen molar-refractivity contribution in [2.75, 3.05) is 0 Å². The molecule has 0 saturated carbocycles. The van der Waals surface area contributed by atoms with Gasteiger partial charge in [0.15, 0.2) is 0 Å². The van der Waals surface area contributed by atoms with Crippen LogP contribution in [0, 0.1) is 6.92 Å². The Kier molecular flexibility index (Phi) is 3.46. The first-order valence-corrected chi connectivity index (χ1v) is 4.65. The van der Waals surface area contributed by atoms with Gasteiger partial charge in [-0.3, -0.25) is 0 Å². The second kappa shape index (κ2) is 4.40. The predicted molar refractivity (Wildman–Crippen MR) is 54.3 cm³/mol. The zero-order valence-corrected chi connectivity index (χ0v) is 8.25. The maximum atomic E-state index is 9.10. The Hall–Kier alpha value is -0.860. The quantitative estimate of drug-likeness (QED) is 0.744. The lowest BCUT2D eigenvalue weighted by atomic mass is 9.97. The predicted octanol–water partition coefficient (Wildman–Crippen LogP) is 1.90. The molecule has 0 radical (unpaired) electrons. The molecule has 1 aromatic rings. The highest BCUT2D eigenvalue weighted by Crippen LogP contribution is 2.20. The smallest absolute Gasteiger partial charge is 0.0685 e. The molecule has 0 saturated heterocycles. The van der Waals surface area contributed by atoms with Gasteiger partial charge in [-0.1, -0.05) is 30.7 Å². The maximum Gasteiger partial charge on any atom is 0.0685 e. The molecule has 0 aromatic heterocycles. The maximum absolute atomic E-state index is 9.10. The fourth-order valence-electron chi connectivity index (χ4n) is 1.42. The lowest BCUT2D eigenvalue weighted by Crippen LogP contribution is -2.11. The fourth-order valence-corrected chi connectivity index (χ4v) is 1.42. The summed E-state index contributed by atoms with van der Waals surface area (Å²) in [5.41, 5.74) is 9.14. The summed E-state index contributed by atoms with van der Waals surface area (Å²) < 4.78 is 0. The van der Waals surface area contributed by atoms with Gasteiger partial charge < -0.3 is 10.8 Å². The summed E-state index contributed by atoms with van der Waals surface area (Å²) in [6, 6.07) is 6.04. The van der Waals surface area contributed by atoms with Gasteiger partial charge in [-0.05, 0) is 24.5 Å². The van der Waals surface area contributed by atoms with E-state index in [1.807, 2.05) is 26.0 Å². The van der Waals surface area contributed by atoms with Gasteiger partial charge in [0, 0.05) is 6.04 Å². The lowest BCUT2D eigenvalue weighted by molar-refractivity contribution is 0.279. The van der Waals surface area contributed by atoms with Crippen LogP contribution in [0.5, 0.6) is 0 Å². The minimum absolute atomic E-state index is 0.0436. The summed E-state index contributed by atoms with van der Waals surface area (Å²) in [6.07, 6.45) is 0.899. The van der Waals surface area contributed by atoms with Crippen LogP contribution in [0.2, 0.25) is 0 Å². The summed E-state index contributed by atoms with van der Waals surface area (Å²) in [5, 5.41) is 9.10. The molecule has 0 aliphatic rings. The van der Waals surface area contributed by atoms with Gasteiger partial charge in [-0.2, -0.15) is 0 Å². The summed E-state index contributed by atoms with van der Waals surface area (Å²) >= 11 is 0. The molecule has 1 aromatic carbocycles. The van der Waals surface area contributed by atoms with Gasteiger partial charge in [-0.25, -0.2) is 0 Å². The summed E-state index contributed by atoms with van der Waals surface area (Å²) in [7, 11) is 0. The fraction of sp³-hybridized carbons (Fsp3) is 0.455. The van der Waals surface area contributed by atoms with Gasteiger partial charge in [0.25, 0.3) is 0 Å². The topological polar surface area (TPSA) is 46.2 Å². The van der Waals surface area contributed by atoms with Gasteiger partial charge in [0.2, 0.25) is 0 Å². The van der Waals surface area contributed by atoms with E-state index in [1.165, 1.54) is 5.56 Å². The molecule has 13 heavy (non-hydrogen) atoms. The van der Waals surface area contributed by atoms with Crippen LogP contribution < -0.4 is 5.73 Å². The van der Waals surface area contributed by atoms with E-state index < -0.39 is 0 Å². The van der Waals surface area contributed by atoms with Crippen LogP contribution in [0.25, 0.3) is 0 Å². The van der Waals surface area contributed by atoms with E-state index in [0.717, 1.165) is 17.5 Å². The van der Waals surface area contributed by atoms with Crippen LogP contribution >= 0.6 is 0 Å². The van der Waals surface area contributed by atoms with Crippen LogP contribution in [0.15, 0.2) is 18.2 Å². The molecular weight excluding hydrogens is 162 g/mol. The van der Waals surface area contributed by atoms with Crippen LogP contribution in [-0.2, 0) is 6.61 Å². The third kappa shape index (κ3) is 2.29. The molecule has 3 N–H and O–H groups in total. The third-order valence-corrected chi connectivity index (χ3v) is 2.31. The molecule has 2 heteroatoms. The van der Waals surface area contributed by atoms with Crippen LogP contribution in [0.1, 0.15) is 36.1 Å². The molecule has 0 amide bonds. The standard InChI is InChI=1S/C11H17NO/c1-3-11(12)10-6-8(2)4-5-9(10)7-13/h4-6,11,13H,3,7,12H2,1-2H3/t11-/m1/s1. The first-order chi connectivity index (χ1) is 6.19. The Morgan fingerprint density at radius 2 is 2.15 bits per heavy atom. The number of aliphatic hydroxyl groups is 1. The number of nitrogens with two attached hydrogens (primary N) is 1. The van der Waals surface area contributed by atoms with Crippen molar-refractivity contribution in [1.29, 1.82) is 0 Å². The number of hydrogen-bond donors (Lipinski definition) is 2. The largest absolute Gasteiger partial charge is 0.392 e. The Balaban J connectivity index is 3.07. The van der Waals surface area contributed by atoms with Gasteiger partial charge in [0.05, 0.1) is 6.61 Å². The van der Waals surface area contributed by atoms with Crippen molar-refractivity contribution in [3.8, 4) is 0 Å². The molecule has 0 bridgehead atoms. The molecule has 0 spiro atoms. The van der Waals surface area contributed by atoms with E-state index in [9.17, 15) is 0 Å². The minimum Gasteiger partial charge on any atom is -0.392 e. The van der Waals surface area contributed by atoms with Crippen molar-refractivity contribution >= 4 is 0 Å². The molecule has 0 aliphatic heterocycles. The van der Waals surface area contributed by atoms with E-state index in [0.29, 0.717) is 0 Å². The van der Waals surface area contributed by atoms with Crippen LogP contribution in [0.3, 0.4) is 0 Å². The number of rotatable bonds is 3. The van der Waals surface area contributed by atoms with E-state index in [2.05, 4.69) is 6.07 Å². The summed E-state index contributed by atoms with van der Waals surface area (Å²) in [4.78, 5) is 0. The molecule has 1 rings (SSSR count). The first-order valence-electron chi connectivity index (χ1n) is 4.65. The number of aliphatic hydroxyl groups excluding tert-OH is 1. The third-order valence-electron chi connectivity index (χ3n) is 2.31. The Labute approximate surface area is 79.4 Å². The van der Waals surface area contributed by atoms with Gasteiger partial charge >= 0.3 is 0 Å². The van der Waals surface area contributed by atoms with Crippen molar-refractivity contribution in [2.24, 2.45) is 5.73 Å². The molecule has 0 fully saturated rings. The molecule has 0 unspecified atom stereocenters. The van der Waals surface area contributed by atoms with Crippen LogP contribution in [0.4, 0.5) is 0 Å². The molecule has 1 atom stereocenters. The first kappa shape index (κ1) is 10.2. The van der Waals surface area contributed by atoms with E-state index in [-0.39, 0.29) is 12.6 Å².